The van der Waals surface area contributed by atoms with Crippen LogP contribution in [0.5, 0.6) is 0 Å². The summed E-state index contributed by atoms with van der Waals surface area (Å²) in [6.07, 6.45) is 5.68. The highest BCUT2D eigenvalue weighted by Gasteiger charge is 2.31. The summed E-state index contributed by atoms with van der Waals surface area (Å²) >= 11 is 0. The molecule has 0 aliphatic heterocycles. The van der Waals surface area contributed by atoms with E-state index in [0.717, 1.165) is 19.3 Å². The highest BCUT2D eigenvalue weighted by atomic mass is 16.1. The molecule has 0 saturated heterocycles. The number of carbonyl (C=O) groups excluding carboxylic acids is 1. The summed E-state index contributed by atoms with van der Waals surface area (Å²) in [4.78, 5) is 11.8. The average molecular weight is 298 g/mol. The number of fused-ring (bicyclic) bond motifs is 8. The van der Waals surface area contributed by atoms with Gasteiger partial charge in [0.05, 0.1) is 0 Å². The molecule has 3 aromatic rings. The van der Waals surface area contributed by atoms with Crippen LogP contribution in [0.25, 0.3) is 21.5 Å². The topological polar surface area (TPSA) is 17.1 Å². The van der Waals surface area contributed by atoms with Gasteiger partial charge in [0.25, 0.3) is 0 Å². The van der Waals surface area contributed by atoms with E-state index in [1.807, 2.05) is 6.08 Å². The predicted octanol–water partition coefficient (Wildman–Crippen LogP) is 5.31. The van der Waals surface area contributed by atoms with Crippen LogP contribution in [0, 0.1) is 0 Å². The van der Waals surface area contributed by atoms with E-state index in [1.165, 1.54) is 38.2 Å². The monoisotopic (exact) mass is 298 g/mol. The standard InChI is InChI=1S/C22H18O/c23-15-10-12-16-14(13-15)9-11-21-19-7-2-1-5-17(19)18-6-3-4-8-20(18)22(16)21/h1-8,13,16H,9-12H2. The van der Waals surface area contributed by atoms with Crippen molar-refractivity contribution in [2.45, 2.75) is 31.6 Å². The summed E-state index contributed by atoms with van der Waals surface area (Å²) in [6.45, 7) is 0. The number of benzene rings is 3. The van der Waals surface area contributed by atoms with Crippen molar-refractivity contribution < 1.29 is 4.79 Å². The Hall–Kier alpha value is -2.41. The van der Waals surface area contributed by atoms with Gasteiger partial charge in [-0.15, -0.1) is 0 Å². The lowest BCUT2D eigenvalue weighted by molar-refractivity contribution is -0.115. The maximum Gasteiger partial charge on any atom is 0.155 e. The normalized spacial score (nSPS) is 20.3. The van der Waals surface area contributed by atoms with Gasteiger partial charge < -0.3 is 0 Å². The first-order chi connectivity index (χ1) is 11.3. The third-order valence-corrected chi connectivity index (χ3v) is 5.57. The first kappa shape index (κ1) is 13.1. The molecule has 2 aliphatic carbocycles. The zero-order valence-electron chi connectivity index (χ0n) is 13.0. The number of allylic oxidation sites excluding steroid dienone is 2. The van der Waals surface area contributed by atoms with Crippen molar-refractivity contribution in [3.05, 3.63) is 71.3 Å². The van der Waals surface area contributed by atoms with Gasteiger partial charge in [-0.1, -0.05) is 54.1 Å². The molecule has 0 bridgehead atoms. The molecule has 3 aromatic carbocycles. The van der Waals surface area contributed by atoms with E-state index in [1.54, 1.807) is 0 Å². The fourth-order valence-electron chi connectivity index (χ4n) is 4.61. The maximum atomic E-state index is 11.8. The second-order valence-corrected chi connectivity index (χ2v) is 6.76. The first-order valence-corrected chi connectivity index (χ1v) is 8.48. The molecule has 1 nitrogen and oxygen atoms in total. The van der Waals surface area contributed by atoms with Crippen LogP contribution in [-0.2, 0) is 11.2 Å². The summed E-state index contributed by atoms with van der Waals surface area (Å²) in [7, 11) is 0. The molecule has 0 amide bonds. The van der Waals surface area contributed by atoms with Crippen LogP contribution in [-0.4, -0.2) is 5.78 Å². The predicted molar refractivity (Wildman–Crippen MR) is 94.8 cm³/mol. The molecule has 0 heterocycles. The molecule has 2 aliphatic rings. The van der Waals surface area contributed by atoms with E-state index in [-0.39, 0.29) is 0 Å². The fraction of sp³-hybridized carbons (Fsp3) is 0.227. The minimum Gasteiger partial charge on any atom is -0.295 e. The molecule has 0 radical (unpaired) electrons. The largest absolute Gasteiger partial charge is 0.295 e. The Kier molecular flexibility index (Phi) is 2.72. The van der Waals surface area contributed by atoms with E-state index < -0.39 is 0 Å². The second kappa shape index (κ2) is 4.79. The van der Waals surface area contributed by atoms with E-state index in [2.05, 4.69) is 48.5 Å². The number of carbonyl (C=O) groups is 1. The second-order valence-electron chi connectivity index (χ2n) is 6.76. The Balaban J connectivity index is 1.93. The lowest BCUT2D eigenvalue weighted by Gasteiger charge is -2.33. The van der Waals surface area contributed by atoms with Crippen molar-refractivity contribution in [3.8, 4) is 0 Å². The smallest absolute Gasteiger partial charge is 0.155 e. The number of rotatable bonds is 0. The highest BCUT2D eigenvalue weighted by molar-refractivity contribution is 6.11. The van der Waals surface area contributed by atoms with Crippen LogP contribution in [0.15, 0.2) is 60.2 Å². The van der Waals surface area contributed by atoms with Crippen molar-refractivity contribution >= 4 is 27.3 Å². The Morgan fingerprint density at radius 2 is 1.39 bits per heavy atom. The fourth-order valence-corrected chi connectivity index (χ4v) is 4.61. The van der Waals surface area contributed by atoms with Gasteiger partial charge in [0.1, 0.15) is 0 Å². The zero-order chi connectivity index (χ0) is 15.4. The van der Waals surface area contributed by atoms with E-state index >= 15 is 0 Å². The van der Waals surface area contributed by atoms with Crippen LogP contribution in [0.1, 0.15) is 36.3 Å². The summed E-state index contributed by atoms with van der Waals surface area (Å²) in [5.41, 5.74) is 4.36. The van der Waals surface area contributed by atoms with Crippen LogP contribution in [0.2, 0.25) is 0 Å². The van der Waals surface area contributed by atoms with Crippen molar-refractivity contribution in [1.82, 2.24) is 0 Å². The highest BCUT2D eigenvalue weighted by Crippen LogP contribution is 2.47. The van der Waals surface area contributed by atoms with Crippen molar-refractivity contribution in [2.75, 3.05) is 0 Å². The van der Waals surface area contributed by atoms with Crippen LogP contribution in [0.3, 0.4) is 0 Å². The minimum atomic E-state index is 0.310. The first-order valence-electron chi connectivity index (χ1n) is 8.48. The third kappa shape index (κ3) is 1.83. The lowest BCUT2D eigenvalue weighted by atomic mass is 9.71. The molecule has 23 heavy (non-hydrogen) atoms. The molecule has 1 unspecified atom stereocenters. The molecule has 0 saturated carbocycles. The van der Waals surface area contributed by atoms with Gasteiger partial charge in [-0.05, 0) is 58.0 Å². The molecule has 0 fully saturated rings. The SMILES string of the molecule is O=C1C=C2CCc3c(c4ccccc4c4ccccc34)C2CC1. The number of aryl methyl sites for hydroxylation is 1. The molecule has 1 heteroatoms. The Bertz CT molecular complexity index is 993. The Labute approximate surface area is 135 Å². The zero-order valence-corrected chi connectivity index (χ0v) is 13.0. The van der Waals surface area contributed by atoms with Crippen LogP contribution >= 0.6 is 0 Å². The maximum absolute atomic E-state index is 11.8. The van der Waals surface area contributed by atoms with E-state index in [0.29, 0.717) is 18.1 Å². The van der Waals surface area contributed by atoms with Crippen molar-refractivity contribution in [3.63, 3.8) is 0 Å². The molecular formula is C22H18O. The average Bonchev–Trinajstić information content (AvgIpc) is 2.61. The van der Waals surface area contributed by atoms with Gasteiger partial charge in [-0.25, -0.2) is 0 Å². The van der Waals surface area contributed by atoms with Gasteiger partial charge in [0, 0.05) is 12.3 Å². The van der Waals surface area contributed by atoms with E-state index in [9.17, 15) is 4.79 Å². The number of ketones is 1. The van der Waals surface area contributed by atoms with Crippen LogP contribution in [0.4, 0.5) is 0 Å². The summed E-state index contributed by atoms with van der Waals surface area (Å²) in [5, 5.41) is 5.49. The molecule has 0 aromatic heterocycles. The summed E-state index contributed by atoms with van der Waals surface area (Å²) in [6, 6.07) is 17.6. The van der Waals surface area contributed by atoms with Gasteiger partial charge in [-0.2, -0.15) is 0 Å². The van der Waals surface area contributed by atoms with Crippen molar-refractivity contribution in [2.24, 2.45) is 0 Å². The molecule has 0 N–H and O–H groups in total. The molecular weight excluding hydrogens is 280 g/mol. The summed E-state index contributed by atoms with van der Waals surface area (Å²) < 4.78 is 0. The van der Waals surface area contributed by atoms with Crippen LogP contribution < -0.4 is 0 Å². The molecule has 1 atom stereocenters. The van der Waals surface area contributed by atoms with Gasteiger partial charge in [0.2, 0.25) is 0 Å². The molecule has 0 spiro atoms. The Morgan fingerprint density at radius 3 is 2.17 bits per heavy atom. The van der Waals surface area contributed by atoms with Gasteiger partial charge >= 0.3 is 0 Å². The number of hydrogen-bond acceptors (Lipinski definition) is 1. The molecule has 112 valence electrons. The lowest BCUT2D eigenvalue weighted by Crippen LogP contribution is -2.19. The third-order valence-electron chi connectivity index (χ3n) is 5.57. The van der Waals surface area contributed by atoms with Gasteiger partial charge in [-0.3, -0.25) is 4.79 Å². The van der Waals surface area contributed by atoms with Gasteiger partial charge in [0.15, 0.2) is 5.78 Å². The number of hydrogen-bond donors (Lipinski definition) is 0. The molecule has 5 rings (SSSR count). The van der Waals surface area contributed by atoms with Crippen molar-refractivity contribution in [1.29, 1.82) is 0 Å². The minimum absolute atomic E-state index is 0.310. The summed E-state index contributed by atoms with van der Waals surface area (Å²) in [5.74, 6) is 0.746. The Morgan fingerprint density at radius 1 is 0.739 bits per heavy atom. The van der Waals surface area contributed by atoms with E-state index in [4.69, 9.17) is 0 Å². The quantitative estimate of drug-likeness (QED) is 0.514.